The number of oxazole rings is 1. The van der Waals surface area contributed by atoms with Gasteiger partial charge in [0.25, 0.3) is 5.91 Å². The van der Waals surface area contributed by atoms with Gasteiger partial charge in [0.2, 0.25) is 0 Å². The molecule has 5 heteroatoms. The molecule has 0 radical (unpaired) electrons. The van der Waals surface area contributed by atoms with Crippen LogP contribution in [0.4, 0.5) is 0 Å². The van der Waals surface area contributed by atoms with Gasteiger partial charge in [-0.05, 0) is 44.4 Å². The number of carbonyl (C=O) groups is 1. The van der Waals surface area contributed by atoms with Crippen LogP contribution < -0.4 is 10.1 Å². The van der Waals surface area contributed by atoms with E-state index in [-0.39, 0.29) is 17.9 Å². The van der Waals surface area contributed by atoms with Gasteiger partial charge in [0.05, 0.1) is 5.69 Å². The number of carbonyl (C=O) groups excluding carboxylic acids is 1. The molecule has 2 aromatic rings. The van der Waals surface area contributed by atoms with Crippen LogP contribution in [0.2, 0.25) is 0 Å². The first kappa shape index (κ1) is 20.0. The third kappa shape index (κ3) is 5.35. The van der Waals surface area contributed by atoms with Crippen LogP contribution in [0, 0.1) is 20.8 Å². The van der Waals surface area contributed by atoms with Gasteiger partial charge in [-0.2, -0.15) is 0 Å². The van der Waals surface area contributed by atoms with Crippen molar-refractivity contribution in [3.05, 3.63) is 46.7 Å². The van der Waals surface area contributed by atoms with Crippen molar-refractivity contribution < 1.29 is 13.9 Å². The number of nitrogens with zero attached hydrogens (tertiary/aromatic N) is 1. The van der Waals surface area contributed by atoms with Gasteiger partial charge < -0.3 is 14.5 Å². The summed E-state index contributed by atoms with van der Waals surface area (Å²) < 4.78 is 11.5. The molecule has 0 unspecified atom stereocenters. The van der Waals surface area contributed by atoms with Gasteiger partial charge in [-0.25, -0.2) is 4.98 Å². The Balaban J connectivity index is 1.74. The van der Waals surface area contributed by atoms with Crippen molar-refractivity contribution >= 4 is 5.91 Å². The van der Waals surface area contributed by atoms with Gasteiger partial charge in [-0.3, -0.25) is 4.79 Å². The third-order valence-electron chi connectivity index (χ3n) is 4.35. The summed E-state index contributed by atoms with van der Waals surface area (Å²) in [5.41, 5.74) is 3.05. The van der Waals surface area contributed by atoms with Crippen molar-refractivity contribution in [3.8, 4) is 5.75 Å². The largest absolute Gasteiger partial charge is 0.483 e. The Bertz CT molecular complexity index is 757. The molecule has 1 aromatic heterocycles. The second-order valence-corrected chi connectivity index (χ2v) is 7.72. The fraction of sp³-hybridized carbons (Fsp3) is 0.524. The molecule has 0 atom stereocenters. The van der Waals surface area contributed by atoms with E-state index in [1.807, 2.05) is 39.0 Å². The second kappa shape index (κ2) is 8.39. The standard InChI is InChI=1S/C21H30N2O3/c1-14-9-7-10-17(15(14)2)25-13-19(24)22-12-8-11-18-16(3)23-20(26-18)21(4,5)6/h7,9-10H,8,11-13H2,1-6H3,(H,22,24). The van der Waals surface area contributed by atoms with Gasteiger partial charge in [0.15, 0.2) is 12.5 Å². The molecule has 2 rings (SSSR count). The Hall–Kier alpha value is -2.30. The zero-order valence-electron chi connectivity index (χ0n) is 16.7. The number of aromatic nitrogens is 1. The molecule has 1 amide bonds. The molecule has 0 aliphatic carbocycles. The maximum absolute atomic E-state index is 12.0. The summed E-state index contributed by atoms with van der Waals surface area (Å²) in [5, 5.41) is 2.89. The van der Waals surface area contributed by atoms with E-state index in [1.165, 1.54) is 0 Å². The predicted molar refractivity (Wildman–Crippen MR) is 103 cm³/mol. The van der Waals surface area contributed by atoms with E-state index in [9.17, 15) is 4.79 Å². The summed E-state index contributed by atoms with van der Waals surface area (Å²) in [5.74, 6) is 2.30. The SMILES string of the molecule is Cc1cccc(OCC(=O)NCCCc2oc(C(C)(C)C)nc2C)c1C. The van der Waals surface area contributed by atoms with E-state index in [1.54, 1.807) is 0 Å². The molecular weight excluding hydrogens is 328 g/mol. The number of hydrogen-bond donors (Lipinski definition) is 1. The van der Waals surface area contributed by atoms with Gasteiger partial charge in [-0.15, -0.1) is 0 Å². The smallest absolute Gasteiger partial charge is 0.257 e. The van der Waals surface area contributed by atoms with Gasteiger partial charge in [-0.1, -0.05) is 32.9 Å². The minimum absolute atomic E-state index is 0.0276. The molecule has 1 aromatic carbocycles. The zero-order valence-corrected chi connectivity index (χ0v) is 16.7. The molecule has 1 heterocycles. The molecule has 0 aliphatic rings. The molecule has 0 aliphatic heterocycles. The lowest BCUT2D eigenvalue weighted by Crippen LogP contribution is -2.30. The molecule has 1 N–H and O–H groups in total. The number of aryl methyl sites for hydroxylation is 3. The van der Waals surface area contributed by atoms with Gasteiger partial charge >= 0.3 is 0 Å². The summed E-state index contributed by atoms with van der Waals surface area (Å²) in [6.45, 7) is 12.8. The highest BCUT2D eigenvalue weighted by atomic mass is 16.5. The Kier molecular flexibility index (Phi) is 6.46. The summed E-state index contributed by atoms with van der Waals surface area (Å²) >= 11 is 0. The predicted octanol–water partition coefficient (Wildman–Crippen LogP) is 4.03. The monoisotopic (exact) mass is 358 g/mol. The number of ether oxygens (including phenoxy) is 1. The summed E-state index contributed by atoms with van der Waals surface area (Å²) in [6, 6.07) is 5.84. The van der Waals surface area contributed by atoms with Crippen LogP contribution in [0.5, 0.6) is 5.75 Å². The Labute approximate surface area is 156 Å². The lowest BCUT2D eigenvalue weighted by Gasteiger charge is -2.12. The third-order valence-corrected chi connectivity index (χ3v) is 4.35. The minimum atomic E-state index is -0.115. The fourth-order valence-electron chi connectivity index (χ4n) is 2.53. The minimum Gasteiger partial charge on any atom is -0.483 e. The number of hydrogen-bond acceptors (Lipinski definition) is 4. The highest BCUT2D eigenvalue weighted by molar-refractivity contribution is 5.77. The van der Waals surface area contributed by atoms with E-state index in [4.69, 9.17) is 9.15 Å². The summed E-state index contributed by atoms with van der Waals surface area (Å²) in [4.78, 5) is 16.5. The van der Waals surface area contributed by atoms with Crippen molar-refractivity contribution in [2.24, 2.45) is 0 Å². The normalized spacial score (nSPS) is 11.5. The van der Waals surface area contributed by atoms with Crippen LogP contribution in [-0.4, -0.2) is 24.0 Å². The average Bonchev–Trinajstić information content (AvgIpc) is 2.94. The number of rotatable bonds is 7. The molecule has 0 saturated heterocycles. The van der Waals surface area contributed by atoms with Gasteiger partial charge in [0, 0.05) is 18.4 Å². The van der Waals surface area contributed by atoms with E-state index < -0.39 is 0 Å². The number of benzene rings is 1. The molecule has 5 nitrogen and oxygen atoms in total. The van der Waals surface area contributed by atoms with Crippen molar-refractivity contribution in [2.45, 2.75) is 59.8 Å². The van der Waals surface area contributed by atoms with Crippen molar-refractivity contribution in [2.75, 3.05) is 13.2 Å². The topological polar surface area (TPSA) is 64.4 Å². The molecule has 0 saturated carbocycles. The molecule has 26 heavy (non-hydrogen) atoms. The maximum atomic E-state index is 12.0. The fourth-order valence-corrected chi connectivity index (χ4v) is 2.53. The molecular formula is C21H30N2O3. The highest BCUT2D eigenvalue weighted by Gasteiger charge is 2.22. The average molecular weight is 358 g/mol. The highest BCUT2D eigenvalue weighted by Crippen LogP contribution is 2.24. The first-order chi connectivity index (χ1) is 12.2. The Morgan fingerprint density at radius 2 is 1.96 bits per heavy atom. The van der Waals surface area contributed by atoms with E-state index in [2.05, 4.69) is 31.1 Å². The molecule has 0 fully saturated rings. The van der Waals surface area contributed by atoms with Gasteiger partial charge in [0.1, 0.15) is 11.5 Å². The lowest BCUT2D eigenvalue weighted by molar-refractivity contribution is -0.123. The van der Waals surface area contributed by atoms with Crippen LogP contribution in [0.1, 0.15) is 55.7 Å². The van der Waals surface area contributed by atoms with E-state index in [0.29, 0.717) is 6.54 Å². The van der Waals surface area contributed by atoms with Crippen LogP contribution in [-0.2, 0) is 16.6 Å². The van der Waals surface area contributed by atoms with Crippen LogP contribution in [0.25, 0.3) is 0 Å². The van der Waals surface area contributed by atoms with Crippen molar-refractivity contribution in [1.82, 2.24) is 10.3 Å². The zero-order chi connectivity index (χ0) is 19.3. The maximum Gasteiger partial charge on any atom is 0.257 e. The summed E-state index contributed by atoms with van der Waals surface area (Å²) in [7, 11) is 0. The number of amides is 1. The quantitative estimate of drug-likeness (QED) is 0.759. The molecule has 0 bridgehead atoms. The van der Waals surface area contributed by atoms with Crippen LogP contribution in [0.3, 0.4) is 0 Å². The van der Waals surface area contributed by atoms with Crippen LogP contribution >= 0.6 is 0 Å². The Morgan fingerprint density at radius 3 is 2.62 bits per heavy atom. The second-order valence-electron chi connectivity index (χ2n) is 7.72. The molecule has 142 valence electrons. The van der Waals surface area contributed by atoms with E-state index in [0.717, 1.165) is 47.1 Å². The summed E-state index contributed by atoms with van der Waals surface area (Å²) in [6.07, 6.45) is 1.56. The Morgan fingerprint density at radius 1 is 1.23 bits per heavy atom. The van der Waals surface area contributed by atoms with Crippen molar-refractivity contribution in [1.29, 1.82) is 0 Å². The number of nitrogens with one attached hydrogen (secondary N) is 1. The van der Waals surface area contributed by atoms with E-state index >= 15 is 0 Å². The van der Waals surface area contributed by atoms with Crippen LogP contribution in [0.15, 0.2) is 22.6 Å². The van der Waals surface area contributed by atoms with Crippen molar-refractivity contribution in [3.63, 3.8) is 0 Å². The molecule has 0 spiro atoms. The first-order valence-corrected chi connectivity index (χ1v) is 9.11. The first-order valence-electron chi connectivity index (χ1n) is 9.11. The lowest BCUT2D eigenvalue weighted by atomic mass is 9.97.